The van der Waals surface area contributed by atoms with Gasteiger partial charge < -0.3 is 15.1 Å². The predicted molar refractivity (Wildman–Crippen MR) is 202 cm³/mol. The summed E-state index contributed by atoms with van der Waals surface area (Å²) in [5, 5.41) is 3.95. The highest BCUT2D eigenvalue weighted by atomic mass is 32.2. The Labute approximate surface area is 311 Å². The molecular weight excluding hydrogens is 741 g/mol. The number of rotatable bonds is 11. The van der Waals surface area contributed by atoms with Gasteiger partial charge in [0.25, 0.3) is 0 Å². The molecule has 1 aliphatic carbocycles. The number of aryl methyl sites for hydroxylation is 1. The molecule has 0 bridgehead atoms. The lowest BCUT2D eigenvalue weighted by Gasteiger charge is -2.31. The van der Waals surface area contributed by atoms with Crippen LogP contribution in [-0.4, -0.2) is 115 Å². The van der Waals surface area contributed by atoms with Crippen LogP contribution in [0, 0.1) is 6.92 Å². The molecule has 2 aliphatic heterocycles. The van der Waals surface area contributed by atoms with E-state index < -0.39 is 47.6 Å². The molecule has 53 heavy (non-hydrogen) atoms. The average Bonchev–Trinajstić information content (AvgIpc) is 3.94. The molecule has 3 fully saturated rings. The van der Waals surface area contributed by atoms with E-state index in [0.717, 1.165) is 16.7 Å². The third-order valence-electron chi connectivity index (χ3n) is 11.1. The zero-order valence-electron chi connectivity index (χ0n) is 30.1. The molecule has 0 spiro atoms. The molecule has 3 aliphatic rings. The molecular formula is C37H46N4O9S3. The molecule has 286 valence electrons. The molecule has 0 unspecified atom stereocenters. The molecule has 0 radical (unpaired) electrons. The number of hydrogen-bond acceptors (Lipinski definition) is 9. The SMILES string of the molecule is Cc1ccc(C2(C(=O)NCC(=O)N(C)C3CCS(=O)(=O)CC3)CC2)cc1-c1cc(S(=O)(=O)NCC(=O)N(C)C2CCS(=O)(=O)CC2)c2ccccc2c1. The fourth-order valence-corrected chi connectivity index (χ4v) is 11.6. The first-order valence-electron chi connectivity index (χ1n) is 17.8. The third kappa shape index (κ3) is 8.45. The van der Waals surface area contributed by atoms with Gasteiger partial charge in [0.15, 0.2) is 0 Å². The highest BCUT2D eigenvalue weighted by Gasteiger charge is 2.51. The fraction of sp³-hybridized carbons (Fsp3) is 0.486. The second-order valence-corrected chi connectivity index (χ2v) is 20.9. The number of amides is 3. The Kier molecular flexibility index (Phi) is 10.8. The zero-order chi connectivity index (χ0) is 38.3. The molecule has 6 rings (SSSR count). The van der Waals surface area contributed by atoms with E-state index in [9.17, 15) is 39.6 Å². The van der Waals surface area contributed by atoms with Gasteiger partial charge in [-0.1, -0.05) is 36.4 Å². The molecule has 3 aromatic rings. The summed E-state index contributed by atoms with van der Waals surface area (Å²) in [5.41, 5.74) is 2.10. The minimum Gasteiger partial charge on any atom is -0.346 e. The van der Waals surface area contributed by atoms with Crippen LogP contribution in [0.5, 0.6) is 0 Å². The second-order valence-electron chi connectivity index (χ2n) is 14.6. The third-order valence-corrected chi connectivity index (χ3v) is 16.0. The van der Waals surface area contributed by atoms with Gasteiger partial charge in [-0.3, -0.25) is 14.4 Å². The van der Waals surface area contributed by atoms with Gasteiger partial charge in [-0.25, -0.2) is 30.0 Å². The first kappa shape index (κ1) is 38.9. The van der Waals surface area contributed by atoms with E-state index in [-0.39, 0.29) is 58.3 Å². The van der Waals surface area contributed by atoms with Crippen molar-refractivity contribution >= 4 is 58.2 Å². The summed E-state index contributed by atoms with van der Waals surface area (Å²) in [5.74, 6) is -0.988. The number of fused-ring (bicyclic) bond motifs is 1. The van der Waals surface area contributed by atoms with Crippen LogP contribution in [0.2, 0.25) is 0 Å². The quantitative estimate of drug-likeness (QED) is 0.295. The van der Waals surface area contributed by atoms with Crippen LogP contribution in [0.1, 0.15) is 49.7 Å². The van der Waals surface area contributed by atoms with Crippen molar-refractivity contribution < 1.29 is 39.6 Å². The number of carbonyl (C=O) groups excluding carboxylic acids is 3. The summed E-state index contributed by atoms with van der Waals surface area (Å²) in [6, 6.07) is 15.7. The van der Waals surface area contributed by atoms with Gasteiger partial charge in [0.2, 0.25) is 27.7 Å². The maximum Gasteiger partial charge on any atom is 0.241 e. The number of sulfonamides is 1. The molecule has 2 saturated heterocycles. The minimum absolute atomic E-state index is 0.00769. The Balaban J connectivity index is 1.19. The lowest BCUT2D eigenvalue weighted by molar-refractivity contribution is -0.134. The Hall–Kier alpha value is -3.86. The summed E-state index contributed by atoms with van der Waals surface area (Å²) in [6.07, 6.45) is 2.50. The first-order chi connectivity index (χ1) is 24.9. The van der Waals surface area contributed by atoms with E-state index in [2.05, 4.69) is 10.0 Å². The summed E-state index contributed by atoms with van der Waals surface area (Å²) in [4.78, 5) is 42.6. The van der Waals surface area contributed by atoms with Gasteiger partial charge >= 0.3 is 0 Å². The van der Waals surface area contributed by atoms with Gasteiger partial charge in [-0.05, 0) is 91.3 Å². The van der Waals surface area contributed by atoms with Gasteiger partial charge in [-0.15, -0.1) is 0 Å². The van der Waals surface area contributed by atoms with Crippen molar-refractivity contribution in [2.75, 3.05) is 50.2 Å². The average molecular weight is 787 g/mol. The smallest absolute Gasteiger partial charge is 0.241 e. The van der Waals surface area contributed by atoms with E-state index in [1.807, 2.05) is 37.3 Å². The molecule has 1 saturated carbocycles. The topological polar surface area (TPSA) is 184 Å². The van der Waals surface area contributed by atoms with Crippen molar-refractivity contribution in [3.63, 3.8) is 0 Å². The van der Waals surface area contributed by atoms with Crippen molar-refractivity contribution in [3.05, 3.63) is 65.7 Å². The van der Waals surface area contributed by atoms with Crippen LogP contribution in [0.3, 0.4) is 0 Å². The summed E-state index contributed by atoms with van der Waals surface area (Å²) >= 11 is 0. The molecule has 0 aromatic heterocycles. The maximum atomic E-state index is 13.9. The molecule has 0 atom stereocenters. The molecule has 3 aromatic carbocycles. The number of nitrogens with one attached hydrogen (secondary N) is 2. The summed E-state index contributed by atoms with van der Waals surface area (Å²) in [6.45, 7) is 1.20. The van der Waals surface area contributed by atoms with E-state index in [1.165, 1.54) is 9.80 Å². The largest absolute Gasteiger partial charge is 0.346 e. The number of sulfone groups is 2. The van der Waals surface area contributed by atoms with Crippen LogP contribution in [0.15, 0.2) is 59.5 Å². The van der Waals surface area contributed by atoms with Crippen molar-refractivity contribution in [2.45, 2.75) is 67.8 Å². The molecule has 13 nitrogen and oxygen atoms in total. The minimum atomic E-state index is -4.21. The van der Waals surface area contributed by atoms with E-state index >= 15 is 0 Å². The zero-order valence-corrected chi connectivity index (χ0v) is 32.6. The van der Waals surface area contributed by atoms with Gasteiger partial charge in [0.1, 0.15) is 19.7 Å². The lowest BCUT2D eigenvalue weighted by Crippen LogP contribution is -2.47. The monoisotopic (exact) mass is 786 g/mol. The number of hydrogen-bond donors (Lipinski definition) is 2. The highest BCUT2D eigenvalue weighted by molar-refractivity contribution is 7.91. The van der Waals surface area contributed by atoms with Crippen molar-refractivity contribution in [3.8, 4) is 11.1 Å². The van der Waals surface area contributed by atoms with Crippen LogP contribution < -0.4 is 10.0 Å². The van der Waals surface area contributed by atoms with Gasteiger partial charge in [-0.2, -0.15) is 0 Å². The van der Waals surface area contributed by atoms with E-state index in [4.69, 9.17) is 0 Å². The number of benzene rings is 3. The standard InChI is InChI=1S/C37H46N4O9S3/c1-25-8-9-28(37(14-15-37)36(44)38-23-34(42)40(2)29-10-16-51(45,46)17-11-29)22-32(25)27-20-26-6-4-5-7-31(26)33(21-27)53(49,50)39-24-35(43)41(3)30-12-18-52(47,48)19-13-30/h4-9,20-22,29-30,39H,10-19,23-24H2,1-3H3,(H,38,44). The maximum absolute atomic E-state index is 13.9. The normalized spacial score (nSPS) is 19.7. The highest BCUT2D eigenvalue weighted by Crippen LogP contribution is 2.49. The van der Waals surface area contributed by atoms with Crippen LogP contribution >= 0.6 is 0 Å². The first-order valence-corrected chi connectivity index (χ1v) is 22.9. The van der Waals surface area contributed by atoms with Gasteiger partial charge in [0.05, 0.1) is 46.4 Å². The predicted octanol–water partition coefficient (Wildman–Crippen LogP) is 2.31. The van der Waals surface area contributed by atoms with Crippen LogP contribution in [0.4, 0.5) is 0 Å². The summed E-state index contributed by atoms with van der Waals surface area (Å²) < 4.78 is 77.5. The molecule has 3 amide bonds. The molecule has 2 N–H and O–H groups in total. The Morgan fingerprint density at radius 2 is 1.32 bits per heavy atom. The van der Waals surface area contributed by atoms with Crippen molar-refractivity contribution in [1.29, 1.82) is 0 Å². The van der Waals surface area contributed by atoms with Crippen molar-refractivity contribution in [1.82, 2.24) is 19.8 Å². The molecule has 16 heteroatoms. The van der Waals surface area contributed by atoms with Crippen LogP contribution in [0.25, 0.3) is 21.9 Å². The molecule has 2 heterocycles. The Morgan fingerprint density at radius 1 is 0.774 bits per heavy atom. The van der Waals surface area contributed by atoms with E-state index in [0.29, 0.717) is 54.9 Å². The fourth-order valence-electron chi connectivity index (χ4n) is 7.40. The Morgan fingerprint density at radius 3 is 1.89 bits per heavy atom. The number of nitrogens with zero attached hydrogens (tertiary/aromatic N) is 2. The van der Waals surface area contributed by atoms with Gasteiger partial charge in [0, 0.05) is 31.6 Å². The number of likely N-dealkylation sites (N-methyl/N-ethyl adjacent to an activating group) is 2. The van der Waals surface area contributed by atoms with Crippen molar-refractivity contribution in [2.24, 2.45) is 0 Å². The van der Waals surface area contributed by atoms with Crippen LogP contribution in [-0.2, 0) is 49.5 Å². The summed E-state index contributed by atoms with van der Waals surface area (Å²) in [7, 11) is -7.21. The van der Waals surface area contributed by atoms with E-state index in [1.54, 1.807) is 38.4 Å². The lowest BCUT2D eigenvalue weighted by atomic mass is 9.89. The second kappa shape index (κ2) is 14.8. The Bertz CT molecular complexity index is 2260. The number of carbonyl (C=O) groups is 3.